The van der Waals surface area contributed by atoms with Crippen LogP contribution in [-0.4, -0.2) is 60.8 Å². The van der Waals surface area contributed by atoms with E-state index >= 15 is 0 Å². The molecule has 1 aliphatic rings. The second-order valence-electron chi connectivity index (χ2n) is 14.4. The maximum atomic E-state index is 13.7. The second kappa shape index (κ2) is 18.4. The van der Waals surface area contributed by atoms with E-state index in [1.165, 1.54) is 13.2 Å². The number of hydrogen-bond acceptors (Lipinski definition) is 8. The molecule has 3 N–H and O–H groups in total. The van der Waals surface area contributed by atoms with Crippen molar-refractivity contribution in [1.82, 2.24) is 10.6 Å². The van der Waals surface area contributed by atoms with E-state index < -0.39 is 47.4 Å². The maximum absolute atomic E-state index is 13.7. The van der Waals surface area contributed by atoms with Gasteiger partial charge in [0.2, 0.25) is 11.8 Å². The van der Waals surface area contributed by atoms with Gasteiger partial charge in [0, 0.05) is 19.4 Å². The van der Waals surface area contributed by atoms with Crippen molar-refractivity contribution in [2.45, 2.75) is 98.5 Å². The fourth-order valence-corrected chi connectivity index (χ4v) is 6.12. The predicted molar refractivity (Wildman–Crippen MR) is 193 cm³/mol. The molecule has 0 spiro atoms. The van der Waals surface area contributed by atoms with Crippen LogP contribution in [0.1, 0.15) is 83.9 Å². The predicted octanol–water partition coefficient (Wildman–Crippen LogP) is 5.92. The van der Waals surface area contributed by atoms with Crippen LogP contribution in [0.5, 0.6) is 5.75 Å². The van der Waals surface area contributed by atoms with Crippen LogP contribution in [0.15, 0.2) is 54.6 Å². The van der Waals surface area contributed by atoms with E-state index in [0.717, 1.165) is 11.1 Å². The van der Waals surface area contributed by atoms with Gasteiger partial charge in [0.05, 0.1) is 24.2 Å². The standard InChI is InChI=1S/C39H53ClN2O8/c1-23(2)18-34-37(46)49-32(26(5)24(3)25(4)29-15-12-27(21-43)13-16-29)10-9-11-35(44)42-31(20-28-14-17-33(48-8)30(40)19-28)36(45)41-22-39(6,7)38(47)50-34/h9,11-17,19,23-26,31-32,34,43H,10,18,20-22H2,1-8H3,(H,41,45)(H,42,44)/b11-9+/t24-,25-,26+,31+,32-,34-/m0/s1. The monoisotopic (exact) mass is 712 g/mol. The number of halogens is 1. The Bertz CT molecular complexity index is 1510. The molecule has 1 aliphatic heterocycles. The summed E-state index contributed by atoms with van der Waals surface area (Å²) in [7, 11) is 1.51. The number of aliphatic hydroxyl groups is 1. The normalized spacial score (nSPS) is 23.1. The van der Waals surface area contributed by atoms with Gasteiger partial charge in [0.1, 0.15) is 17.9 Å². The summed E-state index contributed by atoms with van der Waals surface area (Å²) >= 11 is 6.33. The molecule has 274 valence electrons. The van der Waals surface area contributed by atoms with Crippen LogP contribution in [0.3, 0.4) is 0 Å². The van der Waals surface area contributed by atoms with Crippen LogP contribution in [0.4, 0.5) is 0 Å². The van der Waals surface area contributed by atoms with Crippen molar-refractivity contribution in [2.24, 2.45) is 23.2 Å². The number of methoxy groups -OCH3 is 1. The lowest BCUT2D eigenvalue weighted by molar-refractivity contribution is -0.179. The van der Waals surface area contributed by atoms with Gasteiger partial charge in [-0.05, 0) is 78.8 Å². The largest absolute Gasteiger partial charge is 0.495 e. The molecule has 0 bridgehead atoms. The molecule has 0 unspecified atom stereocenters. The Kier molecular flexibility index (Phi) is 14.9. The minimum Gasteiger partial charge on any atom is -0.495 e. The number of aliphatic hydroxyl groups excluding tert-OH is 1. The van der Waals surface area contributed by atoms with Gasteiger partial charge in [-0.15, -0.1) is 0 Å². The van der Waals surface area contributed by atoms with Crippen LogP contribution in [0, 0.1) is 23.2 Å². The third-order valence-corrected chi connectivity index (χ3v) is 9.84. The summed E-state index contributed by atoms with van der Waals surface area (Å²) in [5, 5.41) is 15.4. The van der Waals surface area contributed by atoms with E-state index in [4.69, 9.17) is 25.8 Å². The van der Waals surface area contributed by atoms with Crippen LogP contribution in [0.2, 0.25) is 5.02 Å². The van der Waals surface area contributed by atoms with Crippen LogP contribution < -0.4 is 15.4 Å². The number of nitrogens with one attached hydrogen (secondary N) is 2. The zero-order valence-corrected chi connectivity index (χ0v) is 31.2. The maximum Gasteiger partial charge on any atom is 0.347 e. The number of esters is 2. The number of rotatable bonds is 10. The lowest BCUT2D eigenvalue weighted by Gasteiger charge is -2.33. The zero-order chi connectivity index (χ0) is 37.2. The lowest BCUT2D eigenvalue weighted by Crippen LogP contribution is -2.51. The van der Waals surface area contributed by atoms with E-state index in [-0.39, 0.29) is 56.1 Å². The van der Waals surface area contributed by atoms with E-state index in [0.29, 0.717) is 16.3 Å². The molecule has 1 heterocycles. The number of cyclic esters (lactones) is 2. The smallest absolute Gasteiger partial charge is 0.347 e. The highest BCUT2D eigenvalue weighted by atomic mass is 35.5. The van der Waals surface area contributed by atoms with E-state index in [2.05, 4.69) is 24.5 Å². The van der Waals surface area contributed by atoms with Crippen LogP contribution in [-0.2, 0) is 41.7 Å². The summed E-state index contributed by atoms with van der Waals surface area (Å²) in [6, 6.07) is 11.9. The van der Waals surface area contributed by atoms with Crippen molar-refractivity contribution in [1.29, 1.82) is 0 Å². The Morgan fingerprint density at radius 3 is 2.24 bits per heavy atom. The van der Waals surface area contributed by atoms with E-state index in [9.17, 15) is 24.3 Å². The molecule has 3 rings (SSSR count). The van der Waals surface area contributed by atoms with Gasteiger partial charge in [0.15, 0.2) is 6.10 Å². The highest BCUT2D eigenvalue weighted by Crippen LogP contribution is 2.34. The molecular formula is C39H53ClN2O8. The molecule has 0 aliphatic carbocycles. The first-order chi connectivity index (χ1) is 23.6. The molecule has 0 fully saturated rings. The Hall–Kier alpha value is -3.89. The molecule has 50 heavy (non-hydrogen) atoms. The SMILES string of the molecule is COc1ccc(C[C@H]2NC(=O)/C=C/C[C@@H]([C@H](C)[C@@H](C)[C@H](C)c3ccc(CO)cc3)OC(=O)[C@H](CC(C)C)OC(=O)C(C)(C)CNC2=O)cc1Cl. The Morgan fingerprint density at radius 1 is 0.980 bits per heavy atom. The first kappa shape index (κ1) is 40.5. The highest BCUT2D eigenvalue weighted by Gasteiger charge is 2.38. The van der Waals surface area contributed by atoms with Gasteiger partial charge in [-0.1, -0.05) is 82.6 Å². The molecule has 0 saturated carbocycles. The van der Waals surface area contributed by atoms with Gasteiger partial charge in [0.25, 0.3) is 0 Å². The summed E-state index contributed by atoms with van der Waals surface area (Å²) in [6.07, 6.45) is 1.76. The Labute approximate surface area is 301 Å². The fourth-order valence-electron chi connectivity index (χ4n) is 5.84. The first-order valence-electron chi connectivity index (χ1n) is 17.2. The summed E-state index contributed by atoms with van der Waals surface area (Å²) in [5.74, 6) is -1.90. The molecule has 0 saturated heterocycles. The number of ether oxygens (including phenoxy) is 3. The summed E-state index contributed by atoms with van der Waals surface area (Å²) in [4.78, 5) is 54.0. The van der Waals surface area contributed by atoms with Gasteiger partial charge in [-0.2, -0.15) is 0 Å². The summed E-state index contributed by atoms with van der Waals surface area (Å²) in [6.45, 7) is 13.1. The highest BCUT2D eigenvalue weighted by molar-refractivity contribution is 6.32. The van der Waals surface area contributed by atoms with Gasteiger partial charge >= 0.3 is 11.9 Å². The number of carbonyl (C=O) groups is 4. The van der Waals surface area contributed by atoms with Crippen molar-refractivity contribution >= 4 is 35.4 Å². The number of hydrogen-bond donors (Lipinski definition) is 3. The van der Waals surface area contributed by atoms with E-state index in [1.54, 1.807) is 38.1 Å². The summed E-state index contributed by atoms with van der Waals surface area (Å²) < 4.78 is 17.2. The van der Waals surface area contributed by atoms with Crippen molar-refractivity contribution in [3.05, 3.63) is 76.3 Å². The lowest BCUT2D eigenvalue weighted by atomic mass is 9.77. The number of amides is 2. The first-order valence-corrected chi connectivity index (χ1v) is 17.6. The van der Waals surface area contributed by atoms with Crippen LogP contribution >= 0.6 is 11.6 Å². The van der Waals surface area contributed by atoms with Gasteiger partial charge in [-0.25, -0.2) is 4.79 Å². The van der Waals surface area contributed by atoms with Gasteiger partial charge in [-0.3, -0.25) is 14.4 Å². The van der Waals surface area contributed by atoms with Crippen molar-refractivity contribution in [2.75, 3.05) is 13.7 Å². The molecule has 11 heteroatoms. The Balaban J connectivity index is 1.96. The van der Waals surface area contributed by atoms with Crippen molar-refractivity contribution < 1.29 is 38.5 Å². The quantitative estimate of drug-likeness (QED) is 0.258. The molecule has 0 radical (unpaired) electrons. The van der Waals surface area contributed by atoms with E-state index in [1.807, 2.05) is 45.0 Å². The molecule has 10 nitrogen and oxygen atoms in total. The minimum absolute atomic E-state index is 0.0151. The third-order valence-electron chi connectivity index (χ3n) is 9.54. The van der Waals surface area contributed by atoms with Crippen molar-refractivity contribution in [3.63, 3.8) is 0 Å². The molecule has 6 atom stereocenters. The summed E-state index contributed by atoms with van der Waals surface area (Å²) in [5.41, 5.74) is 1.38. The number of benzene rings is 2. The molecular weight excluding hydrogens is 660 g/mol. The van der Waals surface area contributed by atoms with Crippen molar-refractivity contribution in [3.8, 4) is 5.75 Å². The minimum atomic E-state index is -1.21. The average molecular weight is 713 g/mol. The Morgan fingerprint density at radius 2 is 1.64 bits per heavy atom. The fraction of sp³-hybridized carbons (Fsp3) is 0.538. The third kappa shape index (κ3) is 11.3. The molecule has 2 aromatic carbocycles. The van der Waals surface area contributed by atoms with Gasteiger partial charge < -0.3 is 30.0 Å². The molecule has 2 aromatic rings. The molecule has 0 aromatic heterocycles. The number of carbonyl (C=O) groups excluding carboxylic acids is 4. The van der Waals surface area contributed by atoms with Crippen LogP contribution in [0.25, 0.3) is 0 Å². The second-order valence-corrected chi connectivity index (χ2v) is 14.8. The zero-order valence-electron chi connectivity index (χ0n) is 30.5. The molecule has 2 amide bonds. The topological polar surface area (TPSA) is 140 Å². The average Bonchev–Trinajstić information content (AvgIpc) is 3.08.